The molecule has 28 heavy (non-hydrogen) atoms. The number of benzene rings is 2. The Balaban J connectivity index is 1.39. The van der Waals surface area contributed by atoms with E-state index in [1.54, 1.807) is 31.2 Å². The summed E-state index contributed by atoms with van der Waals surface area (Å²) in [4.78, 5) is 28.6. The van der Waals surface area contributed by atoms with Crippen LogP contribution in [0.1, 0.15) is 23.7 Å². The number of nitrogens with zero attached hydrogens (tertiary/aromatic N) is 2. The van der Waals surface area contributed by atoms with Crippen LogP contribution in [0, 0.1) is 0 Å². The van der Waals surface area contributed by atoms with Crippen molar-refractivity contribution >= 4 is 23.3 Å². The molecule has 6 nitrogen and oxygen atoms in total. The summed E-state index contributed by atoms with van der Waals surface area (Å²) in [6, 6.07) is 17.2. The molecule has 0 aromatic heterocycles. The van der Waals surface area contributed by atoms with E-state index in [1.165, 1.54) is 5.69 Å². The fourth-order valence-electron chi connectivity index (χ4n) is 3.26. The SMILES string of the molecule is CCOC(=O)c1ccc(NC(=O)CCN2CCN(c3ccccc3)CC2)cc1. The van der Waals surface area contributed by atoms with Gasteiger partial charge in [0.25, 0.3) is 0 Å². The summed E-state index contributed by atoms with van der Waals surface area (Å²) in [7, 11) is 0. The second-order valence-corrected chi connectivity index (χ2v) is 6.76. The van der Waals surface area contributed by atoms with Crippen LogP contribution in [0.4, 0.5) is 11.4 Å². The standard InChI is InChI=1S/C22H27N3O3/c1-2-28-22(27)18-8-10-19(11-9-18)23-21(26)12-13-24-14-16-25(17-15-24)20-6-4-3-5-7-20/h3-11H,2,12-17H2,1H3,(H,23,26). The first kappa shape index (κ1) is 19.9. The molecule has 1 aliphatic heterocycles. The number of esters is 1. The molecule has 1 aliphatic rings. The first-order valence-electron chi connectivity index (χ1n) is 9.75. The Morgan fingerprint density at radius 1 is 0.964 bits per heavy atom. The number of rotatable bonds is 7. The van der Waals surface area contributed by atoms with Gasteiger partial charge >= 0.3 is 5.97 Å². The molecule has 0 atom stereocenters. The molecule has 6 heteroatoms. The fourth-order valence-corrected chi connectivity index (χ4v) is 3.26. The van der Waals surface area contributed by atoms with E-state index < -0.39 is 0 Å². The quantitative estimate of drug-likeness (QED) is 0.747. The Kier molecular flexibility index (Phi) is 7.03. The molecule has 1 N–H and O–H groups in total. The lowest BCUT2D eigenvalue weighted by atomic mass is 10.2. The Bertz CT molecular complexity index is 769. The highest BCUT2D eigenvalue weighted by molar-refractivity contribution is 5.93. The van der Waals surface area contributed by atoms with Gasteiger partial charge in [-0.25, -0.2) is 4.79 Å². The molecular weight excluding hydrogens is 354 g/mol. The Morgan fingerprint density at radius 3 is 2.29 bits per heavy atom. The number of anilines is 2. The van der Waals surface area contributed by atoms with Crippen molar-refractivity contribution < 1.29 is 14.3 Å². The lowest BCUT2D eigenvalue weighted by molar-refractivity contribution is -0.116. The van der Waals surface area contributed by atoms with E-state index in [1.807, 2.05) is 6.07 Å². The van der Waals surface area contributed by atoms with E-state index in [9.17, 15) is 9.59 Å². The van der Waals surface area contributed by atoms with Crippen LogP contribution in [0.25, 0.3) is 0 Å². The molecule has 1 amide bonds. The van der Waals surface area contributed by atoms with Gasteiger partial charge in [-0.3, -0.25) is 9.69 Å². The summed E-state index contributed by atoms with van der Waals surface area (Å²) in [5.74, 6) is -0.371. The van der Waals surface area contributed by atoms with E-state index in [2.05, 4.69) is 39.4 Å². The number of para-hydroxylation sites is 1. The summed E-state index contributed by atoms with van der Waals surface area (Å²) in [6.45, 7) is 6.72. The second-order valence-electron chi connectivity index (χ2n) is 6.76. The van der Waals surface area contributed by atoms with Crippen LogP contribution < -0.4 is 10.2 Å². The Hall–Kier alpha value is -2.86. The van der Waals surface area contributed by atoms with Crippen molar-refractivity contribution in [1.82, 2.24) is 4.90 Å². The first-order valence-corrected chi connectivity index (χ1v) is 9.75. The van der Waals surface area contributed by atoms with Crippen molar-refractivity contribution in [2.45, 2.75) is 13.3 Å². The number of hydrogen-bond donors (Lipinski definition) is 1. The minimum absolute atomic E-state index is 0.0191. The molecular formula is C22H27N3O3. The van der Waals surface area contributed by atoms with Crippen LogP contribution in [0.5, 0.6) is 0 Å². The molecule has 0 bridgehead atoms. The smallest absolute Gasteiger partial charge is 0.338 e. The Morgan fingerprint density at radius 2 is 1.64 bits per heavy atom. The molecule has 1 fully saturated rings. The number of amides is 1. The lowest BCUT2D eigenvalue weighted by Crippen LogP contribution is -2.47. The van der Waals surface area contributed by atoms with Gasteiger partial charge in [0.1, 0.15) is 0 Å². The van der Waals surface area contributed by atoms with Gasteiger partial charge in [-0.05, 0) is 43.3 Å². The lowest BCUT2D eigenvalue weighted by Gasteiger charge is -2.36. The highest BCUT2D eigenvalue weighted by Crippen LogP contribution is 2.16. The topological polar surface area (TPSA) is 61.9 Å². The zero-order valence-corrected chi connectivity index (χ0v) is 16.3. The third kappa shape index (κ3) is 5.57. The van der Waals surface area contributed by atoms with Gasteiger partial charge in [-0.1, -0.05) is 18.2 Å². The van der Waals surface area contributed by atoms with E-state index >= 15 is 0 Å². The number of carbonyl (C=O) groups excluding carboxylic acids is 2. The van der Waals surface area contributed by atoms with Gasteiger partial charge in [-0.15, -0.1) is 0 Å². The van der Waals surface area contributed by atoms with Crippen LogP contribution in [-0.2, 0) is 9.53 Å². The normalized spacial score (nSPS) is 14.5. The molecule has 3 rings (SSSR count). The Labute approximate surface area is 166 Å². The van der Waals surface area contributed by atoms with E-state index in [4.69, 9.17) is 4.74 Å². The molecule has 0 aliphatic carbocycles. The molecule has 148 valence electrons. The van der Waals surface area contributed by atoms with Crippen molar-refractivity contribution in [3.63, 3.8) is 0 Å². The average molecular weight is 381 g/mol. The maximum absolute atomic E-state index is 12.2. The summed E-state index contributed by atoms with van der Waals surface area (Å²) >= 11 is 0. The number of piperazine rings is 1. The molecule has 1 saturated heterocycles. The third-order valence-electron chi connectivity index (χ3n) is 4.83. The van der Waals surface area contributed by atoms with Gasteiger partial charge in [0.2, 0.25) is 5.91 Å². The molecule has 0 unspecified atom stereocenters. The number of carbonyl (C=O) groups is 2. The predicted octanol–water partition coefficient (Wildman–Crippen LogP) is 3.01. The zero-order chi connectivity index (χ0) is 19.8. The van der Waals surface area contributed by atoms with Gasteiger partial charge in [0.15, 0.2) is 0 Å². The monoisotopic (exact) mass is 381 g/mol. The zero-order valence-electron chi connectivity index (χ0n) is 16.3. The second kappa shape index (κ2) is 9.90. The molecule has 2 aromatic carbocycles. The van der Waals surface area contributed by atoms with E-state index in [-0.39, 0.29) is 11.9 Å². The number of hydrogen-bond acceptors (Lipinski definition) is 5. The van der Waals surface area contributed by atoms with Crippen molar-refractivity contribution in [3.8, 4) is 0 Å². The van der Waals surface area contributed by atoms with Gasteiger partial charge in [-0.2, -0.15) is 0 Å². The minimum atomic E-state index is -0.352. The van der Waals surface area contributed by atoms with Gasteiger partial charge < -0.3 is 15.0 Å². The summed E-state index contributed by atoms with van der Waals surface area (Å²) < 4.78 is 4.96. The van der Waals surface area contributed by atoms with Crippen molar-refractivity contribution in [2.75, 3.05) is 49.5 Å². The summed E-state index contributed by atoms with van der Waals surface area (Å²) in [5, 5.41) is 2.89. The van der Waals surface area contributed by atoms with Gasteiger partial charge in [0, 0.05) is 50.5 Å². The predicted molar refractivity (Wildman–Crippen MR) is 111 cm³/mol. The van der Waals surface area contributed by atoms with Crippen molar-refractivity contribution in [1.29, 1.82) is 0 Å². The third-order valence-corrected chi connectivity index (χ3v) is 4.83. The average Bonchev–Trinajstić information content (AvgIpc) is 2.74. The maximum atomic E-state index is 12.2. The summed E-state index contributed by atoms with van der Waals surface area (Å²) in [6.07, 6.45) is 0.449. The van der Waals surface area contributed by atoms with E-state index in [0.717, 1.165) is 32.7 Å². The number of nitrogens with one attached hydrogen (secondary N) is 1. The van der Waals surface area contributed by atoms with Crippen LogP contribution in [0.15, 0.2) is 54.6 Å². The molecule has 0 saturated carbocycles. The minimum Gasteiger partial charge on any atom is -0.462 e. The molecule has 2 aromatic rings. The molecule has 0 spiro atoms. The highest BCUT2D eigenvalue weighted by Gasteiger charge is 2.17. The van der Waals surface area contributed by atoms with Crippen molar-refractivity contribution in [2.24, 2.45) is 0 Å². The molecule has 0 radical (unpaired) electrons. The van der Waals surface area contributed by atoms with Gasteiger partial charge in [0.05, 0.1) is 12.2 Å². The largest absolute Gasteiger partial charge is 0.462 e. The number of ether oxygens (including phenoxy) is 1. The van der Waals surface area contributed by atoms with Crippen LogP contribution in [-0.4, -0.2) is 56.1 Å². The summed E-state index contributed by atoms with van der Waals surface area (Å²) in [5.41, 5.74) is 2.43. The molecule has 1 heterocycles. The van der Waals surface area contributed by atoms with Crippen LogP contribution in [0.3, 0.4) is 0 Å². The highest BCUT2D eigenvalue weighted by atomic mass is 16.5. The first-order chi connectivity index (χ1) is 13.7. The van der Waals surface area contributed by atoms with E-state index in [0.29, 0.717) is 24.3 Å². The van der Waals surface area contributed by atoms with Crippen molar-refractivity contribution in [3.05, 3.63) is 60.2 Å². The fraction of sp³-hybridized carbons (Fsp3) is 0.364. The van der Waals surface area contributed by atoms with Crippen LogP contribution in [0.2, 0.25) is 0 Å². The van der Waals surface area contributed by atoms with Crippen LogP contribution >= 0.6 is 0 Å². The maximum Gasteiger partial charge on any atom is 0.338 e.